The maximum Gasteiger partial charge on any atom is 0.0641 e. The fourth-order valence-electron chi connectivity index (χ4n) is 9.61. The Labute approximate surface area is 360 Å². The van der Waals surface area contributed by atoms with Gasteiger partial charge in [0.1, 0.15) is 0 Å². The first-order chi connectivity index (χ1) is 30.8. The second-order valence-corrected chi connectivity index (χ2v) is 16.1. The number of rotatable bonds is 7. The monoisotopic (exact) mass is 788 g/mol. The molecule has 0 atom stereocenters. The maximum atomic E-state index is 2.54. The van der Waals surface area contributed by atoms with Crippen LogP contribution in [0.2, 0.25) is 0 Å². The molecule has 2 heteroatoms. The SMILES string of the molecule is c1ccc(-c2cccc(-c3cccc(-c4ccc(-c5ccc(-c6ccccc6)cc5-n5c6ccccc6c6ccc7c(c8ccccc8n7-c7ccccc7)c65)cc4)c3)c2)cc1. The molecule has 2 aromatic heterocycles. The van der Waals surface area contributed by atoms with Gasteiger partial charge in [-0.1, -0.05) is 194 Å². The van der Waals surface area contributed by atoms with Gasteiger partial charge in [0.2, 0.25) is 0 Å². The van der Waals surface area contributed by atoms with Crippen molar-refractivity contribution in [3.05, 3.63) is 243 Å². The van der Waals surface area contributed by atoms with Crippen molar-refractivity contribution in [2.45, 2.75) is 0 Å². The van der Waals surface area contributed by atoms with Crippen LogP contribution in [0.3, 0.4) is 0 Å². The third-order valence-corrected chi connectivity index (χ3v) is 12.5. The van der Waals surface area contributed by atoms with Gasteiger partial charge in [-0.3, -0.25) is 0 Å². The minimum atomic E-state index is 1.15. The summed E-state index contributed by atoms with van der Waals surface area (Å²) in [5.74, 6) is 0. The van der Waals surface area contributed by atoms with E-state index in [2.05, 4.69) is 252 Å². The van der Waals surface area contributed by atoms with Crippen LogP contribution in [-0.2, 0) is 0 Å². The molecule has 0 aliphatic carbocycles. The highest BCUT2D eigenvalue weighted by molar-refractivity contribution is 6.26. The smallest absolute Gasteiger partial charge is 0.0641 e. The summed E-state index contributed by atoms with van der Waals surface area (Å²) >= 11 is 0. The van der Waals surface area contributed by atoms with Crippen LogP contribution >= 0.6 is 0 Å². The number of hydrogen-bond donors (Lipinski definition) is 0. The lowest BCUT2D eigenvalue weighted by atomic mass is 9.94. The van der Waals surface area contributed by atoms with Gasteiger partial charge in [0.05, 0.1) is 27.8 Å². The van der Waals surface area contributed by atoms with E-state index < -0.39 is 0 Å². The minimum absolute atomic E-state index is 1.15. The molecular formula is C60H40N2. The molecule has 62 heavy (non-hydrogen) atoms. The van der Waals surface area contributed by atoms with Crippen LogP contribution in [0.25, 0.3) is 111 Å². The van der Waals surface area contributed by atoms with Crippen LogP contribution in [-0.4, -0.2) is 9.13 Å². The van der Waals surface area contributed by atoms with Crippen LogP contribution in [0.4, 0.5) is 0 Å². The maximum absolute atomic E-state index is 2.54. The molecule has 2 heterocycles. The van der Waals surface area contributed by atoms with Crippen molar-refractivity contribution < 1.29 is 0 Å². The number of para-hydroxylation sites is 3. The topological polar surface area (TPSA) is 9.86 Å². The lowest BCUT2D eigenvalue weighted by Crippen LogP contribution is -1.99. The van der Waals surface area contributed by atoms with Crippen molar-refractivity contribution in [3.8, 4) is 67.0 Å². The highest BCUT2D eigenvalue weighted by atomic mass is 15.0. The zero-order chi connectivity index (χ0) is 41.0. The van der Waals surface area contributed by atoms with E-state index in [0.717, 1.165) is 11.4 Å². The molecule has 0 aliphatic heterocycles. The predicted octanol–water partition coefficient (Wildman–Crippen LogP) is 16.2. The molecule has 0 fully saturated rings. The van der Waals surface area contributed by atoms with Gasteiger partial charge in [0.25, 0.3) is 0 Å². The van der Waals surface area contributed by atoms with Gasteiger partial charge < -0.3 is 9.13 Å². The van der Waals surface area contributed by atoms with Gasteiger partial charge in [0, 0.05) is 32.8 Å². The van der Waals surface area contributed by atoms with Gasteiger partial charge in [-0.15, -0.1) is 0 Å². The molecule has 0 bridgehead atoms. The molecule has 0 unspecified atom stereocenters. The van der Waals surface area contributed by atoms with Gasteiger partial charge in [-0.25, -0.2) is 0 Å². The van der Waals surface area contributed by atoms with Gasteiger partial charge in [-0.2, -0.15) is 0 Å². The lowest BCUT2D eigenvalue weighted by Gasteiger charge is -2.17. The number of aromatic nitrogens is 2. The summed E-state index contributed by atoms with van der Waals surface area (Å²) in [6.07, 6.45) is 0. The molecule has 0 aliphatic rings. The van der Waals surface area contributed by atoms with Gasteiger partial charge in [0.15, 0.2) is 0 Å². The lowest BCUT2D eigenvalue weighted by molar-refractivity contribution is 1.17. The first kappa shape index (κ1) is 35.7. The first-order valence-corrected chi connectivity index (χ1v) is 21.3. The molecule has 2 nitrogen and oxygen atoms in total. The molecule has 290 valence electrons. The number of hydrogen-bond acceptors (Lipinski definition) is 0. The van der Waals surface area contributed by atoms with E-state index in [-0.39, 0.29) is 0 Å². The molecule has 0 spiro atoms. The second kappa shape index (κ2) is 14.8. The highest BCUT2D eigenvalue weighted by Gasteiger charge is 2.22. The van der Waals surface area contributed by atoms with Crippen molar-refractivity contribution in [2.75, 3.05) is 0 Å². The van der Waals surface area contributed by atoms with Crippen LogP contribution in [0.5, 0.6) is 0 Å². The Bertz CT molecular complexity index is 3600. The number of benzene rings is 10. The Morgan fingerprint density at radius 2 is 0.694 bits per heavy atom. The van der Waals surface area contributed by atoms with Crippen molar-refractivity contribution in [3.63, 3.8) is 0 Å². The van der Waals surface area contributed by atoms with E-state index in [1.54, 1.807) is 0 Å². The standard InChI is InChI=1S/C60H40N2/c1-4-16-41(17-5-1)45-20-14-22-47(38-45)48-23-15-21-46(39-48)43-30-32-44(33-31-43)51-35-34-49(42-18-6-2-7-19-42)40-58(51)62-55-28-12-10-26-52(55)53-36-37-57-59(60(53)62)54-27-11-13-29-56(54)61(57)50-24-8-3-9-25-50/h1-40H. The molecule has 0 saturated heterocycles. The highest BCUT2D eigenvalue weighted by Crippen LogP contribution is 2.44. The zero-order valence-electron chi connectivity index (χ0n) is 34.0. The molecule has 0 N–H and O–H groups in total. The summed E-state index contributed by atoms with van der Waals surface area (Å²) in [5, 5.41) is 4.96. The summed E-state index contributed by atoms with van der Waals surface area (Å²) in [4.78, 5) is 0. The Morgan fingerprint density at radius 3 is 1.32 bits per heavy atom. The van der Waals surface area contributed by atoms with Crippen molar-refractivity contribution in [1.29, 1.82) is 0 Å². The third-order valence-electron chi connectivity index (χ3n) is 12.5. The molecule has 0 amide bonds. The van der Waals surface area contributed by atoms with Crippen LogP contribution < -0.4 is 0 Å². The average Bonchev–Trinajstić information content (AvgIpc) is 3.88. The molecule has 12 rings (SSSR count). The molecular weight excluding hydrogens is 749 g/mol. The van der Waals surface area contributed by atoms with Crippen molar-refractivity contribution in [1.82, 2.24) is 9.13 Å². The Morgan fingerprint density at radius 1 is 0.242 bits per heavy atom. The Hall–Kier alpha value is -8.20. The first-order valence-electron chi connectivity index (χ1n) is 21.3. The van der Waals surface area contributed by atoms with E-state index in [1.807, 2.05) is 0 Å². The number of nitrogens with zero attached hydrogens (tertiary/aromatic N) is 2. The van der Waals surface area contributed by atoms with E-state index in [4.69, 9.17) is 0 Å². The van der Waals surface area contributed by atoms with Crippen LogP contribution in [0.1, 0.15) is 0 Å². The summed E-state index contributed by atoms with van der Waals surface area (Å²) in [6.45, 7) is 0. The molecule has 12 aromatic rings. The van der Waals surface area contributed by atoms with Crippen LogP contribution in [0, 0.1) is 0 Å². The summed E-state index contributed by atoms with van der Waals surface area (Å²) in [6, 6.07) is 88.4. The number of fused-ring (bicyclic) bond motifs is 7. The Balaban J connectivity index is 1.05. The average molecular weight is 789 g/mol. The van der Waals surface area contributed by atoms with E-state index in [1.165, 1.54) is 99.2 Å². The molecule has 0 radical (unpaired) electrons. The normalized spacial score (nSPS) is 11.5. The van der Waals surface area contributed by atoms with Gasteiger partial charge >= 0.3 is 0 Å². The fourth-order valence-corrected chi connectivity index (χ4v) is 9.61. The van der Waals surface area contributed by atoms with E-state index in [9.17, 15) is 0 Å². The largest absolute Gasteiger partial charge is 0.309 e. The third kappa shape index (κ3) is 5.96. The molecule has 0 saturated carbocycles. The van der Waals surface area contributed by atoms with E-state index in [0.29, 0.717) is 0 Å². The predicted molar refractivity (Wildman–Crippen MR) is 262 cm³/mol. The zero-order valence-corrected chi connectivity index (χ0v) is 34.0. The summed E-state index contributed by atoms with van der Waals surface area (Å²) in [5.41, 5.74) is 19.0. The van der Waals surface area contributed by atoms with Crippen molar-refractivity contribution in [2.24, 2.45) is 0 Å². The fraction of sp³-hybridized carbons (Fsp3) is 0. The van der Waals surface area contributed by atoms with Crippen molar-refractivity contribution >= 4 is 43.6 Å². The summed E-state index contributed by atoms with van der Waals surface area (Å²) < 4.78 is 4.96. The quantitative estimate of drug-likeness (QED) is 0.152. The molecule has 10 aromatic carbocycles. The second-order valence-electron chi connectivity index (χ2n) is 16.1. The van der Waals surface area contributed by atoms with Gasteiger partial charge in [-0.05, 0) is 98.6 Å². The minimum Gasteiger partial charge on any atom is -0.309 e. The summed E-state index contributed by atoms with van der Waals surface area (Å²) in [7, 11) is 0. The van der Waals surface area contributed by atoms with E-state index >= 15 is 0 Å². The Kier molecular flexibility index (Phi) is 8.53. The van der Waals surface area contributed by atoms with Crippen LogP contribution in [0.15, 0.2) is 243 Å².